The van der Waals surface area contributed by atoms with E-state index in [1.807, 2.05) is 12.1 Å². The van der Waals surface area contributed by atoms with E-state index in [1.165, 1.54) is 6.07 Å². The molecule has 3 rings (SSSR count). The van der Waals surface area contributed by atoms with Crippen LogP contribution in [0.1, 0.15) is 5.56 Å². The number of hydrogen-bond donors (Lipinski definition) is 1. The van der Waals surface area contributed by atoms with Crippen molar-refractivity contribution in [1.82, 2.24) is 4.98 Å². The highest BCUT2D eigenvalue weighted by atomic mass is 19.1. The molecule has 0 bridgehead atoms. The lowest BCUT2D eigenvalue weighted by Gasteiger charge is -2.11. The first kappa shape index (κ1) is 15.5. The van der Waals surface area contributed by atoms with Crippen LogP contribution < -0.4 is 10.5 Å². The van der Waals surface area contributed by atoms with E-state index in [2.05, 4.69) is 11.1 Å². The van der Waals surface area contributed by atoms with E-state index in [-0.39, 0.29) is 11.4 Å². The van der Waals surface area contributed by atoms with Crippen LogP contribution in [0.15, 0.2) is 54.6 Å². The summed E-state index contributed by atoms with van der Waals surface area (Å²) < 4.78 is 19.2. The largest absolute Gasteiger partial charge is 0.497 e. The van der Waals surface area contributed by atoms with Crippen LogP contribution in [0.2, 0.25) is 0 Å². The smallest absolute Gasteiger partial charge is 0.142 e. The Balaban J connectivity index is 2.21. The molecule has 0 atom stereocenters. The predicted molar refractivity (Wildman–Crippen MR) is 90.7 cm³/mol. The second-order valence-electron chi connectivity index (χ2n) is 5.14. The maximum absolute atomic E-state index is 14.1. The number of ether oxygens (including phenoxy) is 1. The van der Waals surface area contributed by atoms with Gasteiger partial charge < -0.3 is 10.5 Å². The van der Waals surface area contributed by atoms with Crippen LogP contribution in [0.5, 0.6) is 5.75 Å². The van der Waals surface area contributed by atoms with E-state index >= 15 is 0 Å². The van der Waals surface area contributed by atoms with E-state index in [4.69, 9.17) is 10.5 Å². The zero-order valence-corrected chi connectivity index (χ0v) is 13.0. The molecule has 0 aliphatic carbocycles. The number of nitrogens with zero attached hydrogens (tertiary/aromatic N) is 2. The predicted octanol–water partition coefficient (Wildman–Crippen LogP) is 4.02. The van der Waals surface area contributed by atoms with Crippen LogP contribution >= 0.6 is 0 Å². The average Bonchev–Trinajstić information content (AvgIpc) is 2.61. The molecule has 0 aliphatic rings. The number of anilines is 1. The van der Waals surface area contributed by atoms with Gasteiger partial charge in [0, 0.05) is 11.1 Å². The summed E-state index contributed by atoms with van der Waals surface area (Å²) in [6.45, 7) is 0. The minimum atomic E-state index is -0.394. The summed E-state index contributed by atoms with van der Waals surface area (Å²) in [4.78, 5) is 4.19. The molecule has 2 N–H and O–H groups in total. The van der Waals surface area contributed by atoms with Crippen LogP contribution in [0.25, 0.3) is 22.4 Å². The van der Waals surface area contributed by atoms with Crippen molar-refractivity contribution < 1.29 is 9.13 Å². The molecule has 2 aromatic carbocycles. The minimum absolute atomic E-state index is 0.0732. The van der Waals surface area contributed by atoms with Gasteiger partial charge in [-0.15, -0.1) is 0 Å². The van der Waals surface area contributed by atoms with Crippen LogP contribution in [0.4, 0.5) is 10.2 Å². The fourth-order valence-corrected chi connectivity index (χ4v) is 2.49. The first-order valence-corrected chi connectivity index (χ1v) is 7.24. The molecular weight excluding hydrogens is 305 g/mol. The van der Waals surface area contributed by atoms with Crippen molar-refractivity contribution in [3.05, 3.63) is 66.0 Å². The van der Waals surface area contributed by atoms with Crippen LogP contribution in [-0.4, -0.2) is 12.1 Å². The number of benzene rings is 2. The number of halogens is 1. The maximum atomic E-state index is 14.1. The highest BCUT2D eigenvalue weighted by molar-refractivity contribution is 5.80. The van der Waals surface area contributed by atoms with E-state index in [9.17, 15) is 9.65 Å². The lowest BCUT2D eigenvalue weighted by molar-refractivity contribution is 0.415. The van der Waals surface area contributed by atoms with Crippen LogP contribution in [-0.2, 0) is 0 Å². The highest BCUT2D eigenvalue weighted by Crippen LogP contribution is 2.32. The molecule has 4 nitrogen and oxygen atoms in total. The molecule has 5 heteroatoms. The lowest BCUT2D eigenvalue weighted by atomic mass is 9.98. The van der Waals surface area contributed by atoms with E-state index in [1.54, 1.807) is 43.5 Å². The van der Waals surface area contributed by atoms with Gasteiger partial charge in [-0.25, -0.2) is 9.37 Å². The van der Waals surface area contributed by atoms with Gasteiger partial charge in [0.15, 0.2) is 0 Å². The normalized spacial score (nSPS) is 10.2. The summed E-state index contributed by atoms with van der Waals surface area (Å²) in [7, 11) is 1.58. The molecule has 0 radical (unpaired) electrons. The molecule has 0 saturated carbocycles. The molecule has 118 valence electrons. The first-order chi connectivity index (χ1) is 11.6. The SMILES string of the molecule is COc1ccc(-c2cc(-c3ccccc3F)nc(N)c2C#N)cc1. The van der Waals surface area contributed by atoms with E-state index in [0.717, 1.165) is 5.56 Å². The first-order valence-electron chi connectivity index (χ1n) is 7.24. The summed E-state index contributed by atoms with van der Waals surface area (Å²) in [5.41, 5.74) is 8.30. The standard InChI is InChI=1S/C19H14FN3O/c1-24-13-8-6-12(7-9-13)15-10-18(23-19(22)16(15)11-21)14-4-2-3-5-17(14)20/h2-10H,1H3,(H2,22,23). The summed E-state index contributed by atoms with van der Waals surface area (Å²) in [5, 5.41) is 9.41. The molecule has 24 heavy (non-hydrogen) atoms. The second kappa shape index (κ2) is 6.39. The van der Waals surface area contributed by atoms with Crippen molar-refractivity contribution in [2.45, 2.75) is 0 Å². The van der Waals surface area contributed by atoms with Crippen LogP contribution in [0, 0.1) is 17.1 Å². The van der Waals surface area contributed by atoms with Gasteiger partial charge in [-0.2, -0.15) is 5.26 Å². The Morgan fingerprint density at radius 1 is 1.08 bits per heavy atom. The Morgan fingerprint density at radius 2 is 1.79 bits per heavy atom. The third kappa shape index (κ3) is 2.77. The molecule has 3 aromatic rings. The lowest BCUT2D eigenvalue weighted by Crippen LogP contribution is -2.00. The minimum Gasteiger partial charge on any atom is -0.497 e. The second-order valence-corrected chi connectivity index (χ2v) is 5.14. The number of pyridine rings is 1. The highest BCUT2D eigenvalue weighted by Gasteiger charge is 2.15. The number of methoxy groups -OCH3 is 1. The molecule has 1 heterocycles. The van der Waals surface area contributed by atoms with Crippen molar-refractivity contribution in [2.75, 3.05) is 12.8 Å². The quantitative estimate of drug-likeness (QED) is 0.791. The molecule has 1 aromatic heterocycles. The van der Waals surface area contributed by atoms with Crippen molar-refractivity contribution in [3.63, 3.8) is 0 Å². The fourth-order valence-electron chi connectivity index (χ4n) is 2.49. The van der Waals surface area contributed by atoms with Gasteiger partial charge in [0.2, 0.25) is 0 Å². The Labute approximate surface area is 139 Å². The van der Waals surface area contributed by atoms with E-state index in [0.29, 0.717) is 22.6 Å². The maximum Gasteiger partial charge on any atom is 0.142 e. The number of rotatable bonds is 3. The van der Waals surface area contributed by atoms with Gasteiger partial charge in [0.25, 0.3) is 0 Å². The van der Waals surface area contributed by atoms with Gasteiger partial charge in [0.05, 0.1) is 12.8 Å². The fraction of sp³-hybridized carbons (Fsp3) is 0.0526. The number of nitrogen functional groups attached to an aromatic ring is 1. The average molecular weight is 319 g/mol. The monoisotopic (exact) mass is 319 g/mol. The molecular formula is C19H14FN3O. The third-order valence-corrected chi connectivity index (χ3v) is 3.71. The summed E-state index contributed by atoms with van der Waals surface area (Å²) in [6, 6.07) is 17.3. The van der Waals surface area contributed by atoms with Crippen molar-refractivity contribution in [2.24, 2.45) is 0 Å². The van der Waals surface area contributed by atoms with Gasteiger partial charge in [-0.3, -0.25) is 0 Å². The zero-order valence-electron chi connectivity index (χ0n) is 13.0. The molecule has 0 aliphatic heterocycles. The number of nitriles is 1. The number of nitrogens with two attached hydrogens (primary N) is 1. The van der Waals surface area contributed by atoms with Crippen LogP contribution in [0.3, 0.4) is 0 Å². The van der Waals surface area contributed by atoms with Gasteiger partial charge >= 0.3 is 0 Å². The summed E-state index contributed by atoms with van der Waals surface area (Å²) in [5.74, 6) is 0.382. The summed E-state index contributed by atoms with van der Waals surface area (Å²) >= 11 is 0. The number of hydrogen-bond acceptors (Lipinski definition) is 4. The topological polar surface area (TPSA) is 71.9 Å². The Kier molecular flexibility index (Phi) is 4.13. The Morgan fingerprint density at radius 3 is 2.42 bits per heavy atom. The molecule has 0 unspecified atom stereocenters. The zero-order chi connectivity index (χ0) is 17.1. The van der Waals surface area contributed by atoms with Crippen molar-refractivity contribution in [1.29, 1.82) is 5.26 Å². The van der Waals surface area contributed by atoms with Crippen molar-refractivity contribution in [3.8, 4) is 34.2 Å². The molecule has 0 fully saturated rings. The Bertz CT molecular complexity index is 930. The van der Waals surface area contributed by atoms with Gasteiger partial charge in [-0.1, -0.05) is 24.3 Å². The van der Waals surface area contributed by atoms with Crippen molar-refractivity contribution >= 4 is 5.82 Å². The molecule has 0 saturated heterocycles. The van der Waals surface area contributed by atoms with E-state index < -0.39 is 5.82 Å². The summed E-state index contributed by atoms with van der Waals surface area (Å²) in [6.07, 6.45) is 0. The van der Waals surface area contributed by atoms with Gasteiger partial charge in [-0.05, 0) is 35.9 Å². The molecule has 0 spiro atoms. The van der Waals surface area contributed by atoms with Gasteiger partial charge in [0.1, 0.15) is 29.0 Å². The Hall–Kier alpha value is -3.39. The number of aromatic nitrogens is 1. The molecule has 0 amide bonds. The third-order valence-electron chi connectivity index (χ3n) is 3.71.